The molecule has 1 amide bonds. The van der Waals surface area contributed by atoms with Gasteiger partial charge < -0.3 is 10.1 Å². The molecule has 3 aromatic rings. The average Bonchev–Trinajstić information content (AvgIpc) is 3.04. The van der Waals surface area contributed by atoms with Crippen molar-refractivity contribution in [2.75, 3.05) is 13.2 Å². The van der Waals surface area contributed by atoms with Crippen molar-refractivity contribution < 1.29 is 22.7 Å². The van der Waals surface area contributed by atoms with E-state index in [0.29, 0.717) is 24.3 Å². The number of carbonyl (C=O) groups excluding carboxylic acids is 1. The molecule has 1 N–H and O–H groups in total. The first-order chi connectivity index (χ1) is 13.3. The number of carbonyl (C=O) groups is 1. The third-order valence-electron chi connectivity index (χ3n) is 3.79. The van der Waals surface area contributed by atoms with E-state index in [9.17, 15) is 18.0 Å². The van der Waals surface area contributed by atoms with E-state index in [-0.39, 0.29) is 18.2 Å². The molecule has 28 heavy (non-hydrogen) atoms. The first kappa shape index (κ1) is 19.6. The number of fused-ring (bicyclic) bond motifs is 1. The van der Waals surface area contributed by atoms with Crippen molar-refractivity contribution in [2.45, 2.75) is 26.1 Å². The Bertz CT molecular complexity index is 954. The first-order valence-electron chi connectivity index (χ1n) is 8.56. The Kier molecular flexibility index (Phi) is 5.76. The number of likely N-dealkylation sites (N-methyl/N-ethyl adjacent to an activating group) is 1. The fourth-order valence-corrected chi connectivity index (χ4v) is 2.62. The summed E-state index contributed by atoms with van der Waals surface area (Å²) in [7, 11) is 0. The Morgan fingerprint density at radius 3 is 2.75 bits per heavy atom. The van der Waals surface area contributed by atoms with Gasteiger partial charge in [0.25, 0.3) is 0 Å². The summed E-state index contributed by atoms with van der Waals surface area (Å²) in [6, 6.07) is 4.75. The molecule has 0 aromatic carbocycles. The third-order valence-corrected chi connectivity index (χ3v) is 3.79. The van der Waals surface area contributed by atoms with E-state index < -0.39 is 12.8 Å². The quantitative estimate of drug-likeness (QED) is 0.667. The van der Waals surface area contributed by atoms with Crippen molar-refractivity contribution in [1.29, 1.82) is 0 Å². The number of aromatic nitrogens is 4. The van der Waals surface area contributed by atoms with E-state index in [1.807, 2.05) is 6.92 Å². The van der Waals surface area contributed by atoms with Crippen molar-refractivity contribution in [2.24, 2.45) is 0 Å². The highest BCUT2D eigenvalue weighted by Gasteiger charge is 2.28. The van der Waals surface area contributed by atoms with Crippen molar-refractivity contribution in [3.63, 3.8) is 0 Å². The Morgan fingerprint density at radius 2 is 2.07 bits per heavy atom. The highest BCUT2D eigenvalue weighted by molar-refractivity contribution is 5.86. The number of hydrogen-bond donors (Lipinski definition) is 1. The van der Waals surface area contributed by atoms with Crippen LogP contribution in [0.2, 0.25) is 0 Å². The van der Waals surface area contributed by atoms with Crippen LogP contribution < -0.4 is 10.1 Å². The Morgan fingerprint density at radius 1 is 1.25 bits per heavy atom. The van der Waals surface area contributed by atoms with Crippen LogP contribution in [0.25, 0.3) is 10.9 Å². The minimum atomic E-state index is -4.41. The van der Waals surface area contributed by atoms with Crippen molar-refractivity contribution >= 4 is 16.8 Å². The predicted octanol–water partition coefficient (Wildman–Crippen LogP) is 2.49. The molecule has 3 heterocycles. The van der Waals surface area contributed by atoms with Crippen molar-refractivity contribution in [1.82, 2.24) is 25.1 Å². The van der Waals surface area contributed by atoms with E-state index in [0.717, 1.165) is 10.9 Å². The molecule has 0 bridgehead atoms. The summed E-state index contributed by atoms with van der Waals surface area (Å²) < 4.78 is 42.8. The second kappa shape index (κ2) is 8.24. The summed E-state index contributed by atoms with van der Waals surface area (Å²) >= 11 is 0. The van der Waals surface area contributed by atoms with Gasteiger partial charge in [-0.1, -0.05) is 6.07 Å². The normalized spacial score (nSPS) is 11.6. The van der Waals surface area contributed by atoms with Crippen molar-refractivity contribution in [3.05, 3.63) is 48.0 Å². The Hall–Kier alpha value is -3.17. The number of alkyl halides is 3. The molecule has 0 atom stereocenters. The summed E-state index contributed by atoms with van der Waals surface area (Å²) in [5.74, 6) is -0.214. The number of nitrogens with zero attached hydrogens (tertiary/aromatic N) is 4. The lowest BCUT2D eigenvalue weighted by atomic mass is 10.2. The van der Waals surface area contributed by atoms with Crippen LogP contribution in [-0.4, -0.2) is 45.0 Å². The zero-order valence-electron chi connectivity index (χ0n) is 15.0. The Labute approximate surface area is 158 Å². The summed E-state index contributed by atoms with van der Waals surface area (Å²) in [5.41, 5.74) is 2.07. The molecule has 148 valence electrons. The summed E-state index contributed by atoms with van der Waals surface area (Å²) in [6.07, 6.45) is 0.568. The Balaban J connectivity index is 1.71. The lowest BCUT2D eigenvalue weighted by Gasteiger charge is -2.08. The number of nitrogens with one attached hydrogen (secondary N) is 1. The largest absolute Gasteiger partial charge is 0.468 e. The van der Waals surface area contributed by atoms with Gasteiger partial charge in [-0.15, -0.1) is 0 Å². The number of rotatable bonds is 7. The van der Waals surface area contributed by atoms with Gasteiger partial charge in [0.05, 0.1) is 24.2 Å². The fourth-order valence-electron chi connectivity index (χ4n) is 2.62. The lowest BCUT2D eigenvalue weighted by molar-refractivity contribution is -0.154. The molecule has 7 nitrogen and oxygen atoms in total. The van der Waals surface area contributed by atoms with Gasteiger partial charge in [0.2, 0.25) is 11.8 Å². The van der Waals surface area contributed by atoms with Crippen LogP contribution in [0.4, 0.5) is 13.2 Å². The summed E-state index contributed by atoms with van der Waals surface area (Å²) in [5, 5.41) is 7.95. The van der Waals surface area contributed by atoms with Crippen molar-refractivity contribution in [3.8, 4) is 5.88 Å². The number of amides is 1. The fraction of sp³-hybridized carbons (Fsp3) is 0.333. The monoisotopic (exact) mass is 393 g/mol. The number of hydrogen-bond acceptors (Lipinski definition) is 5. The van der Waals surface area contributed by atoms with Crippen LogP contribution >= 0.6 is 0 Å². The number of ether oxygens (including phenoxy) is 1. The predicted molar refractivity (Wildman–Crippen MR) is 94.8 cm³/mol. The highest BCUT2D eigenvalue weighted by Crippen LogP contribution is 2.19. The molecule has 0 aliphatic rings. The highest BCUT2D eigenvalue weighted by atomic mass is 19.4. The standard InChI is InChI=1S/C18H18F3N5O2/c1-2-22-16(27)7-15-13-10-26(25-14(13)5-6-23-15)9-12-3-4-17(24-8-12)28-11-18(19,20)21/h3-6,8,10H,2,7,9,11H2,1H3,(H,22,27). The minimum Gasteiger partial charge on any atom is -0.468 e. The number of halogens is 3. The third kappa shape index (κ3) is 5.18. The molecule has 3 rings (SSSR count). The van der Waals surface area contributed by atoms with Gasteiger partial charge in [-0.2, -0.15) is 18.3 Å². The van der Waals surface area contributed by atoms with E-state index in [1.165, 1.54) is 12.3 Å². The lowest BCUT2D eigenvalue weighted by Crippen LogP contribution is -2.24. The molecular formula is C18H18F3N5O2. The van der Waals surface area contributed by atoms with Gasteiger partial charge in [0.1, 0.15) is 0 Å². The minimum absolute atomic E-state index is 0.0971. The molecule has 0 fully saturated rings. The van der Waals surface area contributed by atoms with Gasteiger partial charge in [-0.05, 0) is 18.6 Å². The van der Waals surface area contributed by atoms with Crippen LogP contribution in [0.3, 0.4) is 0 Å². The maximum atomic E-state index is 12.2. The molecule has 0 spiro atoms. The van der Waals surface area contributed by atoms with E-state index in [2.05, 4.69) is 25.1 Å². The van der Waals surface area contributed by atoms with Gasteiger partial charge in [0, 0.05) is 36.6 Å². The molecule has 0 unspecified atom stereocenters. The molecule has 3 aromatic heterocycles. The second-order valence-corrected chi connectivity index (χ2v) is 6.06. The van der Waals surface area contributed by atoms with Gasteiger partial charge >= 0.3 is 6.18 Å². The van der Waals surface area contributed by atoms with Crippen LogP contribution in [0.5, 0.6) is 5.88 Å². The molecule has 0 saturated heterocycles. The first-order valence-corrected chi connectivity index (χ1v) is 8.56. The summed E-state index contributed by atoms with van der Waals surface area (Å²) in [4.78, 5) is 20.0. The van der Waals surface area contributed by atoms with E-state index in [4.69, 9.17) is 0 Å². The molecule has 0 aliphatic carbocycles. The van der Waals surface area contributed by atoms with Crippen LogP contribution in [-0.2, 0) is 17.8 Å². The van der Waals surface area contributed by atoms with Gasteiger partial charge in [0.15, 0.2) is 6.61 Å². The van der Waals surface area contributed by atoms with Gasteiger partial charge in [-0.3, -0.25) is 14.5 Å². The SMILES string of the molecule is CCNC(=O)Cc1nccc2nn(Cc3ccc(OCC(F)(F)F)nc3)cc12. The topological polar surface area (TPSA) is 81.9 Å². The molecule has 0 saturated carbocycles. The molecular weight excluding hydrogens is 375 g/mol. The maximum absolute atomic E-state index is 12.2. The van der Waals surface area contributed by atoms with E-state index >= 15 is 0 Å². The smallest absolute Gasteiger partial charge is 0.422 e. The molecule has 0 aliphatic heterocycles. The van der Waals surface area contributed by atoms with Gasteiger partial charge in [-0.25, -0.2) is 4.98 Å². The van der Waals surface area contributed by atoms with E-state index in [1.54, 1.807) is 29.2 Å². The zero-order valence-corrected chi connectivity index (χ0v) is 15.0. The van der Waals surface area contributed by atoms with Crippen LogP contribution in [0.15, 0.2) is 36.8 Å². The van der Waals surface area contributed by atoms with Crippen LogP contribution in [0, 0.1) is 0 Å². The number of pyridine rings is 2. The molecule has 10 heteroatoms. The average molecular weight is 393 g/mol. The molecule has 0 radical (unpaired) electrons. The van der Waals surface area contributed by atoms with Crippen LogP contribution in [0.1, 0.15) is 18.2 Å². The second-order valence-electron chi connectivity index (χ2n) is 6.06. The maximum Gasteiger partial charge on any atom is 0.422 e. The zero-order chi connectivity index (χ0) is 20.1. The summed E-state index contributed by atoms with van der Waals surface area (Å²) in [6.45, 7) is 1.37.